The summed E-state index contributed by atoms with van der Waals surface area (Å²) in [5.41, 5.74) is 0.909. The highest BCUT2D eigenvalue weighted by molar-refractivity contribution is 5.69. The topological polar surface area (TPSA) is 41.6 Å². The SMILES string of the molecule is CC(C)(C)OC(=O)N(CCNCCc1ccccc1)C1CC1. The normalized spacial score (nSPS) is 14.7. The van der Waals surface area contributed by atoms with Gasteiger partial charge >= 0.3 is 6.09 Å². The summed E-state index contributed by atoms with van der Waals surface area (Å²) in [5.74, 6) is 0. The summed E-state index contributed by atoms with van der Waals surface area (Å²) in [6.45, 7) is 8.18. The van der Waals surface area contributed by atoms with Gasteiger partial charge in [0.05, 0.1) is 0 Å². The van der Waals surface area contributed by atoms with E-state index >= 15 is 0 Å². The van der Waals surface area contributed by atoms with Gasteiger partial charge in [0.15, 0.2) is 0 Å². The highest BCUT2D eigenvalue weighted by atomic mass is 16.6. The molecule has 4 nitrogen and oxygen atoms in total. The molecule has 1 aromatic rings. The van der Waals surface area contributed by atoms with Gasteiger partial charge in [0.1, 0.15) is 5.60 Å². The summed E-state index contributed by atoms with van der Waals surface area (Å²) in [6, 6.07) is 10.8. The lowest BCUT2D eigenvalue weighted by Gasteiger charge is -2.27. The average molecular weight is 304 g/mol. The van der Waals surface area contributed by atoms with Gasteiger partial charge in [-0.05, 0) is 52.1 Å². The molecule has 0 atom stereocenters. The third kappa shape index (κ3) is 6.06. The second kappa shape index (κ2) is 7.63. The van der Waals surface area contributed by atoms with Crippen molar-refractivity contribution in [2.24, 2.45) is 0 Å². The molecule has 0 bridgehead atoms. The first-order valence-electron chi connectivity index (χ1n) is 8.20. The second-order valence-corrected chi connectivity index (χ2v) is 6.89. The maximum absolute atomic E-state index is 12.2. The van der Waals surface area contributed by atoms with Crippen molar-refractivity contribution in [3.05, 3.63) is 35.9 Å². The molecule has 22 heavy (non-hydrogen) atoms. The molecule has 1 N–H and O–H groups in total. The van der Waals surface area contributed by atoms with Gasteiger partial charge in [-0.3, -0.25) is 0 Å². The molecule has 1 saturated carbocycles. The summed E-state index contributed by atoms with van der Waals surface area (Å²) in [7, 11) is 0. The minimum Gasteiger partial charge on any atom is -0.444 e. The number of rotatable bonds is 7. The Morgan fingerprint density at radius 3 is 2.50 bits per heavy atom. The van der Waals surface area contributed by atoms with E-state index in [1.54, 1.807) is 0 Å². The third-order valence-corrected chi connectivity index (χ3v) is 3.58. The van der Waals surface area contributed by atoms with E-state index in [1.807, 2.05) is 31.7 Å². The molecule has 0 saturated heterocycles. The number of amides is 1. The molecule has 1 amide bonds. The molecule has 0 aromatic heterocycles. The highest BCUT2D eigenvalue weighted by Crippen LogP contribution is 2.27. The quantitative estimate of drug-likeness (QED) is 0.786. The average Bonchev–Trinajstić information content (AvgIpc) is 3.26. The lowest BCUT2D eigenvalue weighted by atomic mass is 10.1. The van der Waals surface area contributed by atoms with Crippen molar-refractivity contribution >= 4 is 6.09 Å². The lowest BCUT2D eigenvalue weighted by molar-refractivity contribution is 0.0236. The van der Waals surface area contributed by atoms with Crippen LogP contribution in [0, 0.1) is 0 Å². The van der Waals surface area contributed by atoms with E-state index < -0.39 is 5.60 Å². The largest absolute Gasteiger partial charge is 0.444 e. The molecule has 0 spiro atoms. The Morgan fingerprint density at radius 2 is 1.91 bits per heavy atom. The van der Waals surface area contributed by atoms with E-state index in [1.165, 1.54) is 5.56 Å². The number of nitrogens with zero attached hydrogens (tertiary/aromatic N) is 1. The first-order chi connectivity index (χ1) is 10.5. The molecule has 1 aliphatic rings. The maximum atomic E-state index is 12.2. The third-order valence-electron chi connectivity index (χ3n) is 3.58. The van der Waals surface area contributed by atoms with Crippen LogP contribution < -0.4 is 5.32 Å². The van der Waals surface area contributed by atoms with E-state index in [2.05, 4.69) is 29.6 Å². The molecule has 1 aliphatic carbocycles. The maximum Gasteiger partial charge on any atom is 0.410 e. The number of nitrogens with one attached hydrogen (secondary N) is 1. The molecule has 1 fully saturated rings. The predicted molar refractivity (Wildman–Crippen MR) is 89.0 cm³/mol. The van der Waals surface area contributed by atoms with Gasteiger partial charge in [0, 0.05) is 19.1 Å². The number of carbonyl (C=O) groups excluding carboxylic acids is 1. The van der Waals surface area contributed by atoms with Crippen molar-refractivity contribution < 1.29 is 9.53 Å². The summed E-state index contributed by atoms with van der Waals surface area (Å²) in [4.78, 5) is 14.1. The predicted octanol–water partition coefficient (Wildman–Crippen LogP) is 3.22. The molecule has 122 valence electrons. The van der Waals surface area contributed by atoms with E-state index in [4.69, 9.17) is 4.74 Å². The summed E-state index contributed by atoms with van der Waals surface area (Å²) < 4.78 is 5.49. The lowest BCUT2D eigenvalue weighted by Crippen LogP contribution is -2.42. The van der Waals surface area contributed by atoms with Gasteiger partial charge in [-0.2, -0.15) is 0 Å². The van der Waals surface area contributed by atoms with Crippen molar-refractivity contribution in [3.8, 4) is 0 Å². The Balaban J connectivity index is 1.68. The number of carbonyl (C=O) groups is 1. The van der Waals surface area contributed by atoms with E-state index in [9.17, 15) is 4.79 Å². The van der Waals surface area contributed by atoms with Crippen LogP contribution in [-0.4, -0.2) is 42.3 Å². The zero-order valence-electron chi connectivity index (χ0n) is 14.0. The van der Waals surface area contributed by atoms with Gasteiger partial charge in [0.25, 0.3) is 0 Å². The van der Waals surface area contributed by atoms with Gasteiger partial charge < -0.3 is 15.0 Å². The van der Waals surface area contributed by atoms with Crippen molar-refractivity contribution in [2.45, 2.75) is 51.7 Å². The smallest absolute Gasteiger partial charge is 0.410 e. The minimum atomic E-state index is -0.426. The number of hydrogen-bond donors (Lipinski definition) is 1. The van der Waals surface area contributed by atoms with Crippen molar-refractivity contribution in [1.29, 1.82) is 0 Å². The van der Waals surface area contributed by atoms with Crippen molar-refractivity contribution in [1.82, 2.24) is 10.2 Å². The first kappa shape index (κ1) is 16.8. The van der Waals surface area contributed by atoms with Crippen LogP contribution in [0.3, 0.4) is 0 Å². The minimum absolute atomic E-state index is 0.181. The summed E-state index contributed by atoms with van der Waals surface area (Å²) in [5, 5.41) is 3.42. The summed E-state index contributed by atoms with van der Waals surface area (Å²) >= 11 is 0. The van der Waals surface area contributed by atoms with Crippen molar-refractivity contribution in [2.75, 3.05) is 19.6 Å². The molecule has 0 heterocycles. The fraction of sp³-hybridized carbons (Fsp3) is 0.611. The molecule has 0 aliphatic heterocycles. The van der Waals surface area contributed by atoms with Crippen LogP contribution in [0.4, 0.5) is 4.79 Å². The Morgan fingerprint density at radius 1 is 1.23 bits per heavy atom. The second-order valence-electron chi connectivity index (χ2n) is 6.89. The number of benzene rings is 1. The Labute approximate surface area is 133 Å². The van der Waals surface area contributed by atoms with Gasteiger partial charge in [0.2, 0.25) is 0 Å². The van der Waals surface area contributed by atoms with Crippen LogP contribution in [0.15, 0.2) is 30.3 Å². The molecule has 0 radical (unpaired) electrons. The first-order valence-corrected chi connectivity index (χ1v) is 8.20. The fourth-order valence-corrected chi connectivity index (χ4v) is 2.33. The molecular weight excluding hydrogens is 276 g/mol. The zero-order valence-corrected chi connectivity index (χ0v) is 14.0. The standard InChI is InChI=1S/C18H28N2O2/c1-18(2,3)22-17(21)20(16-9-10-16)14-13-19-12-11-15-7-5-4-6-8-15/h4-8,16,19H,9-14H2,1-3H3. The van der Waals surface area contributed by atoms with Gasteiger partial charge in [-0.25, -0.2) is 4.79 Å². The van der Waals surface area contributed by atoms with Crippen molar-refractivity contribution in [3.63, 3.8) is 0 Å². The van der Waals surface area contributed by atoms with Gasteiger partial charge in [-0.15, -0.1) is 0 Å². The van der Waals surface area contributed by atoms with Crippen LogP contribution in [0.25, 0.3) is 0 Å². The van der Waals surface area contributed by atoms with E-state index in [0.29, 0.717) is 12.6 Å². The fourth-order valence-electron chi connectivity index (χ4n) is 2.33. The monoisotopic (exact) mass is 304 g/mol. The highest BCUT2D eigenvalue weighted by Gasteiger charge is 2.34. The van der Waals surface area contributed by atoms with E-state index in [0.717, 1.165) is 32.4 Å². The Kier molecular flexibility index (Phi) is 5.83. The number of ether oxygens (including phenoxy) is 1. The van der Waals surface area contributed by atoms with E-state index in [-0.39, 0.29) is 6.09 Å². The molecule has 4 heteroatoms. The summed E-state index contributed by atoms with van der Waals surface area (Å²) in [6.07, 6.45) is 3.03. The van der Waals surface area contributed by atoms with Crippen LogP contribution >= 0.6 is 0 Å². The molecule has 0 unspecified atom stereocenters. The Hall–Kier alpha value is -1.55. The zero-order chi connectivity index (χ0) is 16.0. The van der Waals surface area contributed by atoms with Crippen LogP contribution in [0.1, 0.15) is 39.2 Å². The molecule has 2 rings (SSSR count). The Bertz CT molecular complexity index is 464. The van der Waals surface area contributed by atoms with Crippen LogP contribution in [0.5, 0.6) is 0 Å². The number of hydrogen-bond acceptors (Lipinski definition) is 3. The van der Waals surface area contributed by atoms with Gasteiger partial charge in [-0.1, -0.05) is 30.3 Å². The molecular formula is C18H28N2O2. The van der Waals surface area contributed by atoms with Crippen LogP contribution in [-0.2, 0) is 11.2 Å². The molecule has 1 aromatic carbocycles. The van der Waals surface area contributed by atoms with Crippen LogP contribution in [0.2, 0.25) is 0 Å².